The van der Waals surface area contributed by atoms with E-state index in [4.69, 9.17) is 21.1 Å². The number of hydrazone groups is 1. The average molecular weight is 480 g/mol. The van der Waals surface area contributed by atoms with Crippen LogP contribution in [-0.2, 0) is 4.79 Å². The summed E-state index contributed by atoms with van der Waals surface area (Å²) >= 11 is 5.88. The fourth-order valence-corrected chi connectivity index (χ4v) is 2.94. The zero-order valence-electron chi connectivity index (χ0n) is 18.3. The topological polar surface area (TPSA) is 106 Å². The van der Waals surface area contributed by atoms with Crippen molar-refractivity contribution in [2.24, 2.45) is 5.10 Å². The van der Waals surface area contributed by atoms with E-state index in [9.17, 15) is 14.4 Å². The SMILES string of the molecule is CCOc1ccc(C(=O)NCC(=O)N/N=C/c2ccc(OC(=O)c3cccc(Cl)c3)cc2)cc1. The molecular weight excluding hydrogens is 458 g/mol. The number of hydrogen-bond acceptors (Lipinski definition) is 6. The molecule has 174 valence electrons. The Morgan fingerprint density at radius 2 is 1.65 bits per heavy atom. The lowest BCUT2D eigenvalue weighted by molar-refractivity contribution is -0.120. The van der Waals surface area contributed by atoms with Crippen LogP contribution >= 0.6 is 11.6 Å². The molecule has 0 fully saturated rings. The lowest BCUT2D eigenvalue weighted by atomic mass is 10.2. The maximum atomic E-state index is 12.1. The van der Waals surface area contributed by atoms with Gasteiger partial charge in [0.2, 0.25) is 0 Å². The van der Waals surface area contributed by atoms with Crippen LogP contribution in [0.4, 0.5) is 0 Å². The molecule has 3 aromatic carbocycles. The van der Waals surface area contributed by atoms with Gasteiger partial charge in [-0.3, -0.25) is 9.59 Å². The van der Waals surface area contributed by atoms with Gasteiger partial charge in [0.05, 0.1) is 24.9 Å². The molecule has 0 aliphatic heterocycles. The minimum absolute atomic E-state index is 0.234. The number of ether oxygens (including phenoxy) is 2. The van der Waals surface area contributed by atoms with E-state index in [2.05, 4.69) is 15.8 Å². The highest BCUT2D eigenvalue weighted by molar-refractivity contribution is 6.30. The number of benzene rings is 3. The number of carbonyl (C=O) groups is 3. The Kier molecular flexibility index (Phi) is 8.76. The number of halogens is 1. The minimum atomic E-state index is -0.525. The summed E-state index contributed by atoms with van der Waals surface area (Å²) < 4.78 is 10.6. The number of nitrogens with zero attached hydrogens (tertiary/aromatic N) is 1. The summed E-state index contributed by atoms with van der Waals surface area (Å²) in [6, 6.07) is 19.6. The van der Waals surface area contributed by atoms with Crippen molar-refractivity contribution in [3.8, 4) is 11.5 Å². The first-order valence-electron chi connectivity index (χ1n) is 10.4. The molecule has 0 bridgehead atoms. The second-order valence-corrected chi connectivity index (χ2v) is 7.34. The summed E-state index contributed by atoms with van der Waals surface area (Å²) in [5.41, 5.74) is 3.76. The summed E-state index contributed by atoms with van der Waals surface area (Å²) in [7, 11) is 0. The maximum Gasteiger partial charge on any atom is 0.343 e. The third kappa shape index (κ3) is 7.46. The van der Waals surface area contributed by atoms with Crippen LogP contribution in [0.15, 0.2) is 77.9 Å². The van der Waals surface area contributed by atoms with Crippen molar-refractivity contribution in [2.75, 3.05) is 13.2 Å². The molecule has 3 rings (SSSR count). The molecular formula is C25H22ClN3O5. The van der Waals surface area contributed by atoms with Gasteiger partial charge < -0.3 is 14.8 Å². The van der Waals surface area contributed by atoms with Crippen LogP contribution in [0, 0.1) is 0 Å². The molecule has 0 saturated carbocycles. The smallest absolute Gasteiger partial charge is 0.343 e. The molecule has 0 atom stereocenters. The molecule has 0 heterocycles. The van der Waals surface area contributed by atoms with E-state index in [0.29, 0.717) is 39.8 Å². The van der Waals surface area contributed by atoms with Gasteiger partial charge in [-0.25, -0.2) is 10.2 Å². The first-order valence-corrected chi connectivity index (χ1v) is 10.7. The molecule has 0 aromatic heterocycles. The number of nitrogens with one attached hydrogen (secondary N) is 2. The predicted molar refractivity (Wildman–Crippen MR) is 129 cm³/mol. The van der Waals surface area contributed by atoms with Gasteiger partial charge in [-0.2, -0.15) is 5.10 Å². The van der Waals surface area contributed by atoms with Gasteiger partial charge >= 0.3 is 5.97 Å². The molecule has 3 aromatic rings. The van der Waals surface area contributed by atoms with Gasteiger partial charge in [-0.15, -0.1) is 0 Å². The molecule has 2 amide bonds. The average Bonchev–Trinajstić information content (AvgIpc) is 2.84. The molecule has 0 saturated heterocycles. The number of carbonyl (C=O) groups excluding carboxylic acids is 3. The highest BCUT2D eigenvalue weighted by atomic mass is 35.5. The van der Waals surface area contributed by atoms with Gasteiger partial charge in [0.25, 0.3) is 11.8 Å². The molecule has 8 nitrogen and oxygen atoms in total. The second kappa shape index (κ2) is 12.2. The first kappa shape index (κ1) is 24.5. The number of amides is 2. The fraction of sp³-hybridized carbons (Fsp3) is 0.120. The Labute approximate surface area is 201 Å². The summed E-state index contributed by atoms with van der Waals surface area (Å²) in [4.78, 5) is 36.2. The zero-order chi connectivity index (χ0) is 24.3. The van der Waals surface area contributed by atoms with E-state index < -0.39 is 11.9 Å². The highest BCUT2D eigenvalue weighted by Crippen LogP contribution is 2.16. The Morgan fingerprint density at radius 3 is 2.32 bits per heavy atom. The van der Waals surface area contributed by atoms with E-state index in [1.807, 2.05) is 6.92 Å². The molecule has 2 N–H and O–H groups in total. The Balaban J connectivity index is 1.43. The van der Waals surface area contributed by atoms with Crippen LogP contribution in [-0.4, -0.2) is 37.1 Å². The fourth-order valence-electron chi connectivity index (χ4n) is 2.75. The third-order valence-corrected chi connectivity index (χ3v) is 4.63. The maximum absolute atomic E-state index is 12.1. The van der Waals surface area contributed by atoms with E-state index in [1.54, 1.807) is 66.7 Å². The monoisotopic (exact) mass is 479 g/mol. The minimum Gasteiger partial charge on any atom is -0.494 e. The summed E-state index contributed by atoms with van der Waals surface area (Å²) in [6.07, 6.45) is 1.43. The van der Waals surface area contributed by atoms with Crippen LogP contribution in [0.2, 0.25) is 5.02 Å². The first-order chi connectivity index (χ1) is 16.4. The molecule has 0 unspecified atom stereocenters. The van der Waals surface area contributed by atoms with Crippen LogP contribution in [0.3, 0.4) is 0 Å². The van der Waals surface area contributed by atoms with Crippen LogP contribution in [0.25, 0.3) is 0 Å². The van der Waals surface area contributed by atoms with Gasteiger partial charge in [-0.1, -0.05) is 17.7 Å². The summed E-state index contributed by atoms with van der Waals surface area (Å²) in [6.45, 7) is 2.17. The Morgan fingerprint density at radius 1 is 0.941 bits per heavy atom. The lowest BCUT2D eigenvalue weighted by Gasteiger charge is -2.06. The third-order valence-electron chi connectivity index (χ3n) is 4.39. The molecule has 0 radical (unpaired) electrons. The number of rotatable bonds is 9. The molecule has 0 aliphatic rings. The van der Waals surface area contributed by atoms with Crippen LogP contribution in [0.5, 0.6) is 11.5 Å². The normalized spacial score (nSPS) is 10.5. The summed E-state index contributed by atoms with van der Waals surface area (Å²) in [5.74, 6) is -0.377. The van der Waals surface area contributed by atoms with Crippen molar-refractivity contribution in [3.05, 3.63) is 94.5 Å². The van der Waals surface area contributed by atoms with Gasteiger partial charge in [0.1, 0.15) is 11.5 Å². The largest absolute Gasteiger partial charge is 0.494 e. The predicted octanol–water partition coefficient (Wildman–Crippen LogP) is 3.84. The summed E-state index contributed by atoms with van der Waals surface area (Å²) in [5, 5.41) is 6.82. The molecule has 9 heteroatoms. The van der Waals surface area contributed by atoms with E-state index >= 15 is 0 Å². The quantitative estimate of drug-likeness (QED) is 0.210. The van der Waals surface area contributed by atoms with Crippen molar-refractivity contribution in [1.29, 1.82) is 0 Å². The van der Waals surface area contributed by atoms with Gasteiger partial charge in [0.15, 0.2) is 0 Å². The molecule has 34 heavy (non-hydrogen) atoms. The van der Waals surface area contributed by atoms with Crippen molar-refractivity contribution < 1.29 is 23.9 Å². The molecule has 0 aliphatic carbocycles. The Hall–Kier alpha value is -4.17. The zero-order valence-corrected chi connectivity index (χ0v) is 19.0. The molecule has 0 spiro atoms. The van der Waals surface area contributed by atoms with Crippen molar-refractivity contribution in [3.63, 3.8) is 0 Å². The van der Waals surface area contributed by atoms with Crippen LogP contribution in [0.1, 0.15) is 33.2 Å². The number of esters is 1. The van der Waals surface area contributed by atoms with E-state index in [0.717, 1.165) is 0 Å². The van der Waals surface area contributed by atoms with Crippen LogP contribution < -0.4 is 20.2 Å². The van der Waals surface area contributed by atoms with Crippen molar-refractivity contribution in [1.82, 2.24) is 10.7 Å². The van der Waals surface area contributed by atoms with E-state index in [1.165, 1.54) is 12.3 Å². The van der Waals surface area contributed by atoms with Crippen molar-refractivity contribution in [2.45, 2.75) is 6.92 Å². The van der Waals surface area contributed by atoms with E-state index in [-0.39, 0.29) is 12.5 Å². The standard InChI is InChI=1S/C25H22ClN3O5/c1-2-33-21-12-8-18(9-13-21)24(31)27-16-23(30)29-28-15-17-6-10-22(11-7-17)34-25(32)19-4-3-5-20(26)14-19/h3-15H,2,16H2,1H3,(H,27,31)(H,29,30)/b28-15+. The van der Waals surface area contributed by atoms with Gasteiger partial charge in [-0.05, 0) is 79.2 Å². The highest BCUT2D eigenvalue weighted by Gasteiger charge is 2.09. The van der Waals surface area contributed by atoms with Crippen molar-refractivity contribution >= 4 is 35.6 Å². The number of hydrogen-bond donors (Lipinski definition) is 2. The second-order valence-electron chi connectivity index (χ2n) is 6.90. The Bertz CT molecular complexity index is 1180. The van der Waals surface area contributed by atoms with Gasteiger partial charge in [0, 0.05) is 10.6 Å². The lowest BCUT2D eigenvalue weighted by Crippen LogP contribution is -2.34.